The summed E-state index contributed by atoms with van der Waals surface area (Å²) < 4.78 is 39.0. The average Bonchev–Trinajstić information content (AvgIpc) is 2.58. The minimum absolute atomic E-state index is 0.968. The Bertz CT molecular complexity index is 779. The first-order chi connectivity index (χ1) is 12.7. The molecule has 3 rings (SSSR count). The summed E-state index contributed by atoms with van der Waals surface area (Å²) >= 11 is 0. The van der Waals surface area contributed by atoms with Crippen LogP contribution in [-0.2, 0) is 0 Å². The van der Waals surface area contributed by atoms with Gasteiger partial charge in [-0.2, -0.15) is 0 Å². The third-order valence-corrected chi connectivity index (χ3v) is 7.54. The molecule has 0 aliphatic carbocycles. The lowest BCUT2D eigenvalue weighted by atomic mass is 10.2. The first-order valence-electron chi connectivity index (χ1n) is 8.60. The Kier molecular flexibility index (Phi) is 7.21. The fourth-order valence-corrected chi connectivity index (χ4v) is 6.09. The van der Waals surface area contributed by atoms with E-state index in [2.05, 4.69) is 93.6 Å². The predicted octanol–water partition coefficient (Wildman–Crippen LogP) is 5.40. The third kappa shape index (κ3) is 6.21. The van der Waals surface area contributed by atoms with Crippen molar-refractivity contribution < 1.29 is 17.3 Å². The molecule has 6 heteroatoms. The molecular weight excluding hydrogens is 370 g/mol. The highest BCUT2D eigenvalue weighted by molar-refractivity contribution is 7.80. The Hall–Kier alpha value is -2.13. The van der Waals surface area contributed by atoms with E-state index in [4.69, 9.17) is 0 Å². The van der Waals surface area contributed by atoms with Crippen molar-refractivity contribution in [3.63, 3.8) is 0 Å². The van der Waals surface area contributed by atoms with Crippen LogP contribution in [0.25, 0.3) is 0 Å². The summed E-state index contributed by atoms with van der Waals surface area (Å²) in [6, 6.07) is 26.5. The molecule has 3 aromatic rings. The first-order valence-corrected chi connectivity index (χ1v) is 10.1. The van der Waals surface area contributed by atoms with Crippen molar-refractivity contribution in [2.75, 3.05) is 0 Å². The van der Waals surface area contributed by atoms with E-state index in [0.29, 0.717) is 0 Å². The normalized spacial score (nSPS) is 11.1. The molecule has 0 amide bonds. The molecule has 0 aliphatic heterocycles. The Morgan fingerprint density at radius 1 is 0.519 bits per heavy atom. The number of hydrogen-bond acceptors (Lipinski definition) is 0. The van der Waals surface area contributed by atoms with E-state index in [-0.39, 0.29) is 0 Å². The molecule has 0 fully saturated rings. The predicted molar refractivity (Wildman–Crippen MR) is 111 cm³/mol. The Balaban J connectivity index is 0.000000465. The molecule has 0 spiro atoms. The highest BCUT2D eigenvalue weighted by atomic mass is 31.1. The molecule has 0 saturated heterocycles. The molecule has 0 atom stereocenters. The van der Waals surface area contributed by atoms with Crippen LogP contribution in [0.2, 0.25) is 0 Å². The molecule has 0 nitrogen and oxygen atoms in total. The van der Waals surface area contributed by atoms with Crippen molar-refractivity contribution in [1.82, 2.24) is 0 Å². The molecule has 0 radical (unpaired) electrons. The topological polar surface area (TPSA) is 0 Å². The van der Waals surface area contributed by atoms with Crippen molar-refractivity contribution >= 4 is 31.1 Å². The standard InChI is InChI=1S/C21H21P.BF4/c1-16-10-4-7-13-19(16)22(20-14-8-5-11-17(20)2)21-15-9-6-12-18(21)3;2-1(3,4)5/h4-15H,1-3H3;/q;-1/p+1. The molecule has 27 heavy (non-hydrogen) atoms. The molecule has 0 bridgehead atoms. The molecule has 142 valence electrons. The van der Waals surface area contributed by atoms with Crippen LogP contribution in [0.4, 0.5) is 17.3 Å². The van der Waals surface area contributed by atoms with E-state index in [9.17, 15) is 17.3 Å². The van der Waals surface area contributed by atoms with Crippen LogP contribution >= 0.6 is 7.92 Å². The second kappa shape index (κ2) is 9.19. The Morgan fingerprint density at radius 2 is 0.741 bits per heavy atom. The number of rotatable bonds is 3. The van der Waals surface area contributed by atoms with Gasteiger partial charge in [0.2, 0.25) is 0 Å². The fraction of sp³-hybridized carbons (Fsp3) is 0.143. The van der Waals surface area contributed by atoms with Gasteiger partial charge in [-0.05, 0) is 55.7 Å². The quantitative estimate of drug-likeness (QED) is 0.318. The van der Waals surface area contributed by atoms with Crippen LogP contribution in [0, 0.1) is 20.8 Å². The van der Waals surface area contributed by atoms with Gasteiger partial charge in [0, 0.05) is 0 Å². The minimum atomic E-state index is -6.00. The second-order valence-electron chi connectivity index (χ2n) is 6.31. The molecule has 0 N–H and O–H groups in total. The number of hydrogen-bond donors (Lipinski definition) is 0. The van der Waals surface area contributed by atoms with Crippen LogP contribution in [0.15, 0.2) is 72.8 Å². The SMILES string of the molecule is Cc1ccccc1[PH+](c1ccccc1C)c1ccccc1C.F[B-](F)(F)F. The minimum Gasteiger partial charge on any atom is -0.418 e. The van der Waals surface area contributed by atoms with Crippen molar-refractivity contribution in [1.29, 1.82) is 0 Å². The van der Waals surface area contributed by atoms with Gasteiger partial charge in [0.25, 0.3) is 0 Å². The van der Waals surface area contributed by atoms with Crippen LogP contribution < -0.4 is 15.9 Å². The lowest BCUT2D eigenvalue weighted by Gasteiger charge is -2.16. The zero-order valence-corrected chi connectivity index (χ0v) is 16.5. The Labute approximate surface area is 159 Å². The summed E-state index contributed by atoms with van der Waals surface area (Å²) in [6.07, 6.45) is 0. The first kappa shape index (κ1) is 21.2. The summed E-state index contributed by atoms with van der Waals surface area (Å²) in [6.45, 7) is 6.70. The van der Waals surface area contributed by atoms with Gasteiger partial charge in [0.15, 0.2) is 0 Å². The van der Waals surface area contributed by atoms with E-state index in [1.807, 2.05) is 0 Å². The molecule has 0 aliphatic rings. The van der Waals surface area contributed by atoms with Crippen molar-refractivity contribution in [3.8, 4) is 0 Å². The summed E-state index contributed by atoms with van der Waals surface area (Å²) in [5.41, 5.74) is 4.17. The second-order valence-corrected chi connectivity index (χ2v) is 8.68. The summed E-state index contributed by atoms with van der Waals surface area (Å²) in [5.74, 6) is 0. The van der Waals surface area contributed by atoms with Crippen LogP contribution in [-0.4, -0.2) is 7.25 Å². The van der Waals surface area contributed by atoms with Gasteiger partial charge in [-0.3, -0.25) is 0 Å². The zero-order chi connectivity index (χ0) is 20.0. The van der Waals surface area contributed by atoms with E-state index in [0.717, 1.165) is 0 Å². The largest absolute Gasteiger partial charge is 0.673 e. The van der Waals surface area contributed by atoms with Gasteiger partial charge >= 0.3 is 7.25 Å². The van der Waals surface area contributed by atoms with Gasteiger partial charge in [0.1, 0.15) is 15.9 Å². The van der Waals surface area contributed by atoms with Gasteiger partial charge in [-0.1, -0.05) is 54.6 Å². The third-order valence-electron chi connectivity index (χ3n) is 4.24. The van der Waals surface area contributed by atoms with Gasteiger partial charge in [-0.15, -0.1) is 0 Å². The van der Waals surface area contributed by atoms with E-state index in [1.54, 1.807) is 0 Å². The summed E-state index contributed by atoms with van der Waals surface area (Å²) in [4.78, 5) is 0. The zero-order valence-electron chi connectivity index (χ0n) is 15.5. The van der Waals surface area contributed by atoms with E-state index in [1.165, 1.54) is 32.6 Å². The molecular formula is C21H22BF4P. The maximum Gasteiger partial charge on any atom is 0.673 e. The lowest BCUT2D eigenvalue weighted by molar-refractivity contribution is 0.368. The molecule has 0 aromatic heterocycles. The van der Waals surface area contributed by atoms with Crippen molar-refractivity contribution in [3.05, 3.63) is 89.5 Å². The van der Waals surface area contributed by atoms with Crippen molar-refractivity contribution in [2.45, 2.75) is 20.8 Å². The van der Waals surface area contributed by atoms with Crippen LogP contribution in [0.3, 0.4) is 0 Å². The van der Waals surface area contributed by atoms with E-state index < -0.39 is 15.2 Å². The Morgan fingerprint density at radius 3 is 0.963 bits per heavy atom. The van der Waals surface area contributed by atoms with Crippen LogP contribution in [0.1, 0.15) is 16.7 Å². The molecule has 3 aromatic carbocycles. The highest BCUT2D eigenvalue weighted by Gasteiger charge is 2.29. The maximum absolute atomic E-state index is 9.75. The summed E-state index contributed by atoms with van der Waals surface area (Å²) in [7, 11) is -6.97. The number of benzene rings is 3. The lowest BCUT2D eigenvalue weighted by Crippen LogP contribution is -2.25. The van der Waals surface area contributed by atoms with E-state index >= 15 is 0 Å². The van der Waals surface area contributed by atoms with Gasteiger partial charge in [-0.25, -0.2) is 0 Å². The molecule has 0 unspecified atom stereocenters. The fourth-order valence-electron chi connectivity index (χ4n) is 3.00. The summed E-state index contributed by atoms with van der Waals surface area (Å²) in [5, 5.41) is 4.49. The monoisotopic (exact) mass is 392 g/mol. The number of halogens is 4. The molecule has 0 heterocycles. The highest BCUT2D eigenvalue weighted by Crippen LogP contribution is 2.36. The molecule has 0 saturated carbocycles. The van der Waals surface area contributed by atoms with Crippen LogP contribution in [0.5, 0.6) is 0 Å². The smallest absolute Gasteiger partial charge is 0.418 e. The van der Waals surface area contributed by atoms with Crippen molar-refractivity contribution in [2.24, 2.45) is 0 Å². The van der Waals surface area contributed by atoms with Gasteiger partial charge in [0.05, 0.1) is 7.92 Å². The van der Waals surface area contributed by atoms with Gasteiger partial charge < -0.3 is 17.3 Å². The maximum atomic E-state index is 9.75. The average molecular weight is 392 g/mol. The number of aryl methyl sites for hydroxylation is 3.